The minimum Gasteiger partial charge on any atom is -0.444 e. The van der Waals surface area contributed by atoms with Gasteiger partial charge in [-0.3, -0.25) is 4.79 Å². The largest absolute Gasteiger partial charge is 0.482 e. The Labute approximate surface area is 212 Å². The van der Waals surface area contributed by atoms with Gasteiger partial charge in [0.1, 0.15) is 11.9 Å². The molecular weight excluding hydrogens is 462 g/mol. The first-order valence-corrected chi connectivity index (χ1v) is 13.1. The molecule has 1 aromatic carbocycles. The van der Waals surface area contributed by atoms with Gasteiger partial charge in [-0.25, -0.2) is 9.18 Å². The van der Waals surface area contributed by atoms with E-state index in [1.807, 2.05) is 0 Å². The summed E-state index contributed by atoms with van der Waals surface area (Å²) in [4.78, 5) is 26.7. The zero-order valence-electron chi connectivity index (χ0n) is 21.4. The van der Waals surface area contributed by atoms with Crippen molar-refractivity contribution in [3.05, 3.63) is 48.3 Å². The van der Waals surface area contributed by atoms with E-state index in [-0.39, 0.29) is 23.2 Å². The quantitative estimate of drug-likeness (QED) is 0.476. The predicted molar refractivity (Wildman–Crippen MR) is 133 cm³/mol. The van der Waals surface area contributed by atoms with Crippen molar-refractivity contribution in [1.29, 1.82) is 0 Å². The molecule has 2 heterocycles. The number of nitrogens with zero attached hydrogens (tertiary/aromatic N) is 1. The average molecular weight is 498 g/mol. The predicted octanol–water partition coefficient (Wildman–Crippen LogP) is 3.91. The number of amides is 2. The number of piperidine rings is 1. The van der Waals surface area contributed by atoms with Gasteiger partial charge in [-0.1, -0.05) is 32.6 Å². The molecule has 36 heavy (non-hydrogen) atoms. The van der Waals surface area contributed by atoms with Crippen LogP contribution in [0.4, 0.5) is 9.18 Å². The Kier molecular flexibility index (Phi) is 6.66. The second-order valence-corrected chi connectivity index (χ2v) is 11.6. The number of benzene rings is 1. The normalized spacial score (nSPS) is 33.2. The Bertz CT molecular complexity index is 1020. The van der Waals surface area contributed by atoms with E-state index in [4.69, 9.17) is 14.0 Å². The Hall–Kier alpha value is -2.39. The topological polar surface area (TPSA) is 77.1 Å². The van der Waals surface area contributed by atoms with Crippen LogP contribution >= 0.6 is 0 Å². The van der Waals surface area contributed by atoms with Crippen molar-refractivity contribution >= 4 is 19.1 Å². The number of halogens is 1. The SMILES string of the molecule is C=CC(=O)N1CCC[C@H](OC(=O)N[C@@H](Cc2ccc(F)cc2)B2O[C@@H]3C[C@@H]4C[C@@H](C4(C)C)[C@]3(C)O2)C1. The highest BCUT2D eigenvalue weighted by molar-refractivity contribution is 6.47. The molecular formula is C27H36BFN2O5. The van der Waals surface area contributed by atoms with Crippen LogP contribution in [0, 0.1) is 23.1 Å². The fourth-order valence-electron chi connectivity index (χ4n) is 6.86. The van der Waals surface area contributed by atoms with Gasteiger partial charge >= 0.3 is 13.2 Å². The van der Waals surface area contributed by atoms with Gasteiger partial charge in [0.2, 0.25) is 5.91 Å². The van der Waals surface area contributed by atoms with E-state index in [0.717, 1.165) is 24.8 Å². The van der Waals surface area contributed by atoms with Gasteiger partial charge in [-0.2, -0.15) is 0 Å². The number of nitrogens with one attached hydrogen (secondary N) is 1. The zero-order chi connectivity index (χ0) is 25.7. The highest BCUT2D eigenvalue weighted by Crippen LogP contribution is 2.65. The minimum atomic E-state index is -0.641. The third-order valence-corrected chi connectivity index (χ3v) is 9.11. The molecule has 5 aliphatic rings. The molecule has 2 amide bonds. The van der Waals surface area contributed by atoms with Crippen molar-refractivity contribution in [3.63, 3.8) is 0 Å². The molecule has 7 nitrogen and oxygen atoms in total. The first-order valence-electron chi connectivity index (χ1n) is 13.1. The Morgan fingerprint density at radius 2 is 2.06 bits per heavy atom. The fraction of sp³-hybridized carbons (Fsp3) is 0.630. The second kappa shape index (κ2) is 9.49. The lowest BCUT2D eigenvalue weighted by Gasteiger charge is -2.64. The molecule has 9 heteroatoms. The standard InChI is InChI=1S/C27H36BFN2O5/c1-5-24(32)31-12-6-7-20(16-31)34-25(33)30-23(13-17-8-10-19(29)11-9-17)28-35-22-15-18-14-21(26(18,2)3)27(22,4)36-28/h5,8-11,18,20-23H,1,6-7,12-16H2,2-4H3,(H,30,33)/t18-,20-,21-,22+,23-,27-/m0/s1. The summed E-state index contributed by atoms with van der Waals surface area (Å²) in [6, 6.07) is 6.23. The van der Waals surface area contributed by atoms with Crippen molar-refractivity contribution in [2.45, 2.75) is 76.6 Å². The molecule has 5 fully saturated rings. The van der Waals surface area contributed by atoms with Crippen LogP contribution in [0.3, 0.4) is 0 Å². The molecule has 6 rings (SSSR count). The van der Waals surface area contributed by atoms with Gasteiger partial charge in [0, 0.05) is 6.54 Å². The molecule has 6 atom stereocenters. The smallest absolute Gasteiger partial charge is 0.444 e. The molecule has 0 unspecified atom stereocenters. The van der Waals surface area contributed by atoms with Crippen molar-refractivity contribution in [2.24, 2.45) is 17.3 Å². The number of alkyl carbamates (subject to hydrolysis) is 1. The van der Waals surface area contributed by atoms with Crippen LogP contribution in [0.25, 0.3) is 0 Å². The van der Waals surface area contributed by atoms with Crippen LogP contribution in [0.1, 0.15) is 52.0 Å². The van der Waals surface area contributed by atoms with Crippen molar-refractivity contribution in [1.82, 2.24) is 10.2 Å². The van der Waals surface area contributed by atoms with E-state index >= 15 is 0 Å². The highest BCUT2D eigenvalue weighted by Gasteiger charge is 2.68. The van der Waals surface area contributed by atoms with Gasteiger partial charge in [0.15, 0.2) is 0 Å². The number of hydrogen-bond acceptors (Lipinski definition) is 5. The Morgan fingerprint density at radius 3 is 2.75 bits per heavy atom. The summed E-state index contributed by atoms with van der Waals surface area (Å²) in [5.74, 6) is 0.0206. The first kappa shape index (κ1) is 25.3. The average Bonchev–Trinajstić information content (AvgIpc) is 3.21. The van der Waals surface area contributed by atoms with E-state index < -0.39 is 30.9 Å². The minimum absolute atomic E-state index is 0.0235. The summed E-state index contributed by atoms with van der Waals surface area (Å²) >= 11 is 0. The molecule has 2 saturated heterocycles. The van der Waals surface area contributed by atoms with Crippen molar-refractivity contribution in [3.8, 4) is 0 Å². The molecule has 3 aliphatic carbocycles. The first-order chi connectivity index (χ1) is 17.1. The van der Waals surface area contributed by atoms with E-state index in [1.165, 1.54) is 18.2 Å². The van der Waals surface area contributed by atoms with Crippen molar-refractivity contribution in [2.75, 3.05) is 13.1 Å². The van der Waals surface area contributed by atoms with Gasteiger partial charge in [0.25, 0.3) is 0 Å². The van der Waals surface area contributed by atoms with Crippen LogP contribution in [0.15, 0.2) is 36.9 Å². The summed E-state index contributed by atoms with van der Waals surface area (Å²) in [6.45, 7) is 11.3. The lowest BCUT2D eigenvalue weighted by atomic mass is 9.43. The molecule has 0 spiro atoms. The maximum Gasteiger partial charge on any atom is 0.482 e. The number of hydrogen-bond donors (Lipinski definition) is 1. The third-order valence-electron chi connectivity index (χ3n) is 9.11. The maximum absolute atomic E-state index is 13.5. The summed E-state index contributed by atoms with van der Waals surface area (Å²) in [6.07, 6.45) is 4.22. The summed E-state index contributed by atoms with van der Waals surface area (Å²) < 4.78 is 32.3. The number of likely N-dealkylation sites (tertiary alicyclic amines) is 1. The van der Waals surface area contributed by atoms with Crippen molar-refractivity contribution < 1.29 is 28.0 Å². The number of carbonyl (C=O) groups is 2. The molecule has 2 bridgehead atoms. The molecule has 1 N–H and O–H groups in total. The monoisotopic (exact) mass is 498 g/mol. The number of rotatable bonds is 6. The molecule has 0 aromatic heterocycles. The lowest BCUT2D eigenvalue weighted by Crippen LogP contribution is -2.65. The zero-order valence-corrected chi connectivity index (χ0v) is 21.4. The fourth-order valence-corrected chi connectivity index (χ4v) is 6.86. The molecule has 194 valence electrons. The van der Waals surface area contributed by atoms with E-state index in [9.17, 15) is 14.0 Å². The van der Waals surface area contributed by atoms with E-state index in [2.05, 4.69) is 32.7 Å². The van der Waals surface area contributed by atoms with Crippen LogP contribution in [-0.4, -0.2) is 60.9 Å². The van der Waals surface area contributed by atoms with Crippen LogP contribution < -0.4 is 5.32 Å². The summed E-state index contributed by atoms with van der Waals surface area (Å²) in [5.41, 5.74) is 0.654. The molecule has 1 aromatic rings. The molecule has 0 radical (unpaired) electrons. The molecule has 3 saturated carbocycles. The third kappa shape index (κ3) is 4.56. The van der Waals surface area contributed by atoms with Gasteiger partial charge in [-0.15, -0.1) is 0 Å². The number of ether oxygens (including phenoxy) is 1. The summed E-state index contributed by atoms with van der Waals surface area (Å²) in [5, 5.41) is 2.97. The molecule has 2 aliphatic heterocycles. The number of carbonyl (C=O) groups excluding carboxylic acids is 2. The second-order valence-electron chi connectivity index (χ2n) is 11.6. The maximum atomic E-state index is 13.5. The van der Waals surface area contributed by atoms with Crippen LogP contribution in [-0.2, 0) is 25.3 Å². The summed E-state index contributed by atoms with van der Waals surface area (Å²) in [7, 11) is -0.641. The van der Waals surface area contributed by atoms with Gasteiger partial charge < -0.3 is 24.3 Å². The van der Waals surface area contributed by atoms with Crippen LogP contribution in [0.2, 0.25) is 0 Å². The lowest BCUT2D eigenvalue weighted by molar-refractivity contribution is -0.199. The van der Waals surface area contributed by atoms with Crippen LogP contribution in [0.5, 0.6) is 0 Å². The van der Waals surface area contributed by atoms with Gasteiger partial charge in [-0.05, 0) is 80.1 Å². The van der Waals surface area contributed by atoms with E-state index in [0.29, 0.717) is 37.8 Å². The Balaban J connectivity index is 1.29. The van der Waals surface area contributed by atoms with Gasteiger partial charge in [0.05, 0.1) is 24.2 Å². The highest BCUT2D eigenvalue weighted by atomic mass is 19.1. The van der Waals surface area contributed by atoms with E-state index in [1.54, 1.807) is 17.0 Å². The Morgan fingerprint density at radius 1 is 1.31 bits per heavy atom.